The van der Waals surface area contributed by atoms with Crippen LogP contribution in [0, 0.1) is 0 Å². The van der Waals surface area contributed by atoms with Crippen LogP contribution in [0.4, 0.5) is 0 Å². The average Bonchev–Trinajstić information content (AvgIpc) is 2.57. The Bertz CT molecular complexity index is 596. The van der Waals surface area contributed by atoms with Crippen LogP contribution in [0.5, 0.6) is 11.5 Å². The summed E-state index contributed by atoms with van der Waals surface area (Å²) in [7, 11) is 0. The molecule has 0 aromatic heterocycles. The lowest BCUT2D eigenvalue weighted by Crippen LogP contribution is -2.63. The molecule has 1 aliphatic heterocycles. The van der Waals surface area contributed by atoms with E-state index < -0.39 is 60.0 Å². The summed E-state index contributed by atoms with van der Waals surface area (Å²) < 4.78 is 5.10. The lowest BCUT2D eigenvalue weighted by Gasteiger charge is -2.46. The summed E-state index contributed by atoms with van der Waals surface area (Å²) >= 11 is 0. The lowest BCUT2D eigenvalue weighted by atomic mass is 9.84. The van der Waals surface area contributed by atoms with Gasteiger partial charge < -0.3 is 51.3 Å². The molecule has 1 aromatic rings. The van der Waals surface area contributed by atoms with E-state index in [4.69, 9.17) is 10.5 Å². The number of ether oxygens (including phenoxy) is 1. The number of nitrogens with two attached hydrogens (primary N) is 1. The van der Waals surface area contributed by atoms with Crippen LogP contribution in [0.1, 0.15) is 17.2 Å². The van der Waals surface area contributed by atoms with Crippen LogP contribution < -0.4 is 5.73 Å². The minimum absolute atomic E-state index is 0.172. The van der Waals surface area contributed by atoms with E-state index in [9.17, 15) is 40.9 Å². The van der Waals surface area contributed by atoms with Gasteiger partial charge in [0.15, 0.2) is 11.5 Å². The van der Waals surface area contributed by atoms with Crippen molar-refractivity contribution < 1.29 is 45.6 Å². The largest absolute Gasteiger partial charge is 0.504 e. The number of phenols is 2. The maximum Gasteiger partial charge on any atom is 0.226 e. The third-order valence-electron chi connectivity index (χ3n) is 4.10. The molecule has 1 unspecified atom stereocenters. The molecule has 0 aliphatic carbocycles. The molecular formula is C14H21NO9. The zero-order chi connectivity index (χ0) is 18.2. The zero-order valence-corrected chi connectivity index (χ0v) is 12.5. The highest BCUT2D eigenvalue weighted by Gasteiger charge is 2.55. The minimum atomic E-state index is -2.83. The highest BCUT2D eigenvalue weighted by atomic mass is 16.7. The first-order valence-corrected chi connectivity index (χ1v) is 7.17. The topological polar surface area (TPSA) is 197 Å². The van der Waals surface area contributed by atoms with Crippen LogP contribution in [-0.2, 0) is 10.5 Å². The van der Waals surface area contributed by atoms with E-state index in [2.05, 4.69) is 0 Å². The maximum absolute atomic E-state index is 10.8. The fourth-order valence-corrected chi connectivity index (χ4v) is 2.74. The Morgan fingerprint density at radius 1 is 1.17 bits per heavy atom. The molecule has 10 nitrogen and oxygen atoms in total. The lowest BCUT2D eigenvalue weighted by molar-refractivity contribution is -0.358. The van der Waals surface area contributed by atoms with Gasteiger partial charge in [-0.2, -0.15) is 0 Å². The number of benzene rings is 1. The van der Waals surface area contributed by atoms with Gasteiger partial charge in [0.2, 0.25) is 5.79 Å². The quantitative estimate of drug-likeness (QED) is 0.249. The molecule has 136 valence electrons. The zero-order valence-electron chi connectivity index (χ0n) is 12.5. The number of rotatable bonds is 4. The Balaban J connectivity index is 2.65. The molecular weight excluding hydrogens is 326 g/mol. The molecule has 6 atom stereocenters. The fourth-order valence-electron chi connectivity index (χ4n) is 2.74. The summed E-state index contributed by atoms with van der Waals surface area (Å²) in [5, 5.41) is 79.5. The highest BCUT2D eigenvalue weighted by molar-refractivity contribution is 5.52. The van der Waals surface area contributed by atoms with Gasteiger partial charge in [-0.3, -0.25) is 0 Å². The van der Waals surface area contributed by atoms with Gasteiger partial charge >= 0.3 is 0 Å². The van der Waals surface area contributed by atoms with Gasteiger partial charge in [0.1, 0.15) is 24.4 Å². The molecule has 24 heavy (non-hydrogen) atoms. The second-order valence-electron chi connectivity index (χ2n) is 5.61. The molecule has 1 heterocycles. The second-order valence-corrected chi connectivity index (χ2v) is 5.61. The minimum Gasteiger partial charge on any atom is -0.504 e. The van der Waals surface area contributed by atoms with Crippen molar-refractivity contribution in [1.29, 1.82) is 0 Å². The Morgan fingerprint density at radius 3 is 2.33 bits per heavy atom. The van der Waals surface area contributed by atoms with Crippen LogP contribution in [0.3, 0.4) is 0 Å². The van der Waals surface area contributed by atoms with Crippen molar-refractivity contribution in [3.05, 3.63) is 23.3 Å². The molecule has 0 amide bonds. The van der Waals surface area contributed by atoms with Crippen LogP contribution in [0.15, 0.2) is 12.1 Å². The van der Waals surface area contributed by atoms with E-state index in [1.165, 1.54) is 0 Å². The normalized spacial score (nSPS) is 35.0. The van der Waals surface area contributed by atoms with Crippen molar-refractivity contribution in [3.63, 3.8) is 0 Å². The van der Waals surface area contributed by atoms with Gasteiger partial charge in [-0.05, 0) is 11.6 Å². The summed E-state index contributed by atoms with van der Waals surface area (Å²) in [6.45, 7) is -1.14. The van der Waals surface area contributed by atoms with Gasteiger partial charge in [0, 0.05) is 6.54 Å². The van der Waals surface area contributed by atoms with Crippen molar-refractivity contribution in [2.45, 2.75) is 36.3 Å². The number of hydrogen-bond acceptors (Lipinski definition) is 10. The molecule has 1 aromatic carbocycles. The van der Waals surface area contributed by atoms with Crippen LogP contribution in [0.2, 0.25) is 0 Å². The Kier molecular flexibility index (Phi) is 5.32. The van der Waals surface area contributed by atoms with E-state index in [1.807, 2.05) is 0 Å². The number of aliphatic hydroxyl groups is 6. The van der Waals surface area contributed by atoms with E-state index in [0.29, 0.717) is 0 Å². The Morgan fingerprint density at radius 2 is 1.79 bits per heavy atom. The van der Waals surface area contributed by atoms with Gasteiger partial charge in [-0.15, -0.1) is 0 Å². The molecule has 10 heteroatoms. The second kappa shape index (κ2) is 6.78. The Labute approximate surface area is 136 Å². The number of aromatic hydroxyl groups is 2. The van der Waals surface area contributed by atoms with Gasteiger partial charge in [-0.25, -0.2) is 0 Å². The van der Waals surface area contributed by atoms with Gasteiger partial charge in [-0.1, -0.05) is 6.07 Å². The third-order valence-corrected chi connectivity index (χ3v) is 4.10. The predicted molar refractivity (Wildman–Crippen MR) is 77.7 cm³/mol. The van der Waals surface area contributed by atoms with Crippen LogP contribution >= 0.6 is 0 Å². The SMILES string of the molecule is NC[C@H](O)c1ccc(O)c(O)c1C1(O)O[C@H](CO)[C@@H](O)[C@H](O)[C@H]1O. The van der Waals surface area contributed by atoms with Crippen molar-refractivity contribution in [1.82, 2.24) is 0 Å². The molecule has 1 saturated heterocycles. The Hall–Kier alpha value is -1.50. The first kappa shape index (κ1) is 18.8. The number of aliphatic hydroxyl groups excluding tert-OH is 5. The molecule has 0 spiro atoms. The summed E-state index contributed by atoms with van der Waals surface area (Å²) in [5.41, 5.74) is 4.56. The van der Waals surface area contributed by atoms with E-state index in [0.717, 1.165) is 12.1 Å². The fraction of sp³-hybridized carbons (Fsp3) is 0.571. The molecule has 0 saturated carbocycles. The first-order chi connectivity index (χ1) is 11.2. The molecule has 2 rings (SSSR count). The van der Waals surface area contributed by atoms with E-state index in [-0.39, 0.29) is 12.1 Å². The standard InChI is InChI=1S/C14H21NO9/c15-3-7(18)5-1-2-6(17)10(19)9(5)14(23)13(22)12(21)11(20)8(4-16)24-14/h1-2,7-8,11-13,16-23H,3-4,15H2/t7-,8+,11+,12-,13+,14?/m0/s1. The average molecular weight is 347 g/mol. The summed E-state index contributed by atoms with van der Waals surface area (Å²) in [6, 6.07) is 2.17. The predicted octanol–water partition coefficient (Wildman–Crippen LogP) is -3.29. The molecule has 1 fully saturated rings. The number of hydrogen-bond donors (Lipinski definition) is 9. The van der Waals surface area contributed by atoms with Crippen LogP contribution in [0.25, 0.3) is 0 Å². The summed E-state index contributed by atoms with van der Waals surface area (Å²) in [5.74, 6) is -4.44. The number of phenolic OH excluding ortho intramolecular Hbond substituents is 2. The van der Waals surface area contributed by atoms with E-state index >= 15 is 0 Å². The van der Waals surface area contributed by atoms with Crippen LogP contribution in [-0.4, -0.2) is 78.4 Å². The van der Waals surface area contributed by atoms with Gasteiger partial charge in [0.05, 0.1) is 18.3 Å². The molecule has 0 radical (unpaired) electrons. The van der Waals surface area contributed by atoms with Crippen molar-refractivity contribution in [2.75, 3.05) is 13.2 Å². The molecule has 10 N–H and O–H groups in total. The summed E-state index contributed by atoms with van der Waals surface area (Å²) in [4.78, 5) is 0. The molecule has 0 bridgehead atoms. The summed E-state index contributed by atoms with van der Waals surface area (Å²) in [6.07, 6.45) is -8.72. The van der Waals surface area contributed by atoms with Gasteiger partial charge in [0.25, 0.3) is 0 Å². The van der Waals surface area contributed by atoms with E-state index in [1.54, 1.807) is 0 Å². The molecule has 1 aliphatic rings. The highest BCUT2D eigenvalue weighted by Crippen LogP contribution is 2.46. The maximum atomic E-state index is 10.8. The van der Waals surface area contributed by atoms with Crippen molar-refractivity contribution in [3.8, 4) is 11.5 Å². The third kappa shape index (κ3) is 2.83. The van der Waals surface area contributed by atoms with Crippen molar-refractivity contribution >= 4 is 0 Å². The first-order valence-electron chi connectivity index (χ1n) is 7.17. The monoisotopic (exact) mass is 347 g/mol. The van der Waals surface area contributed by atoms with Crippen molar-refractivity contribution in [2.24, 2.45) is 5.73 Å². The smallest absolute Gasteiger partial charge is 0.226 e.